The zero-order valence-electron chi connectivity index (χ0n) is 11.9. The zero-order valence-corrected chi connectivity index (χ0v) is 11.9. The second-order valence-corrected chi connectivity index (χ2v) is 5.25. The third-order valence-corrected chi connectivity index (χ3v) is 3.09. The maximum atomic E-state index is 11.9. The summed E-state index contributed by atoms with van der Waals surface area (Å²) < 4.78 is 10.0. The first-order valence-corrected chi connectivity index (χ1v) is 6.51. The van der Waals surface area contributed by atoms with E-state index >= 15 is 0 Å². The summed E-state index contributed by atoms with van der Waals surface area (Å²) in [6.45, 7) is 2.95. The number of aromatic nitrogens is 2. The molecule has 1 aliphatic heterocycles. The van der Waals surface area contributed by atoms with Crippen molar-refractivity contribution in [3.63, 3.8) is 0 Å². The molecule has 0 spiro atoms. The van der Waals surface area contributed by atoms with Crippen molar-refractivity contribution in [2.24, 2.45) is 0 Å². The van der Waals surface area contributed by atoms with E-state index in [0.29, 0.717) is 16.5 Å². The molecule has 7 heteroatoms. The summed E-state index contributed by atoms with van der Waals surface area (Å²) in [6.07, 6.45) is 2.63. The van der Waals surface area contributed by atoms with E-state index in [1.54, 1.807) is 12.1 Å². The van der Waals surface area contributed by atoms with E-state index in [2.05, 4.69) is 9.97 Å². The predicted molar refractivity (Wildman–Crippen MR) is 76.6 cm³/mol. The molecule has 0 aliphatic carbocycles. The van der Waals surface area contributed by atoms with Crippen LogP contribution in [-0.4, -0.2) is 27.7 Å². The minimum Gasteiger partial charge on any atom is -0.419 e. The molecule has 2 aromatic rings. The smallest absolute Gasteiger partial charge is 0.348 e. The van der Waals surface area contributed by atoms with Gasteiger partial charge in [-0.2, -0.15) is 0 Å². The number of carbonyl (C=O) groups excluding carboxylic acids is 2. The van der Waals surface area contributed by atoms with Crippen molar-refractivity contribution in [3.05, 3.63) is 46.0 Å². The van der Waals surface area contributed by atoms with Gasteiger partial charge in [0.2, 0.25) is 0 Å². The van der Waals surface area contributed by atoms with Gasteiger partial charge in [0.05, 0.1) is 17.2 Å². The third-order valence-electron chi connectivity index (χ3n) is 3.09. The van der Waals surface area contributed by atoms with Gasteiger partial charge in [-0.25, -0.2) is 14.6 Å². The van der Waals surface area contributed by atoms with Gasteiger partial charge in [0.15, 0.2) is 0 Å². The molecular weight excluding hydrogens is 288 g/mol. The number of carbonyl (C=O) groups is 2. The molecule has 1 aliphatic rings. The summed E-state index contributed by atoms with van der Waals surface area (Å²) in [7, 11) is 0. The second-order valence-electron chi connectivity index (χ2n) is 5.25. The molecule has 2 heterocycles. The molecule has 0 atom stereocenters. The number of nitrogens with one attached hydrogen (secondary N) is 1. The summed E-state index contributed by atoms with van der Waals surface area (Å²) in [5.74, 6) is -2.81. The lowest BCUT2D eigenvalue weighted by Gasteiger charge is -2.29. The maximum absolute atomic E-state index is 11.9. The number of hydrogen-bond acceptors (Lipinski definition) is 6. The minimum atomic E-state index is -1.28. The van der Waals surface area contributed by atoms with Gasteiger partial charge in [0.25, 0.3) is 11.3 Å². The van der Waals surface area contributed by atoms with E-state index in [9.17, 15) is 14.4 Å². The van der Waals surface area contributed by atoms with Crippen molar-refractivity contribution in [1.82, 2.24) is 9.97 Å². The molecule has 1 fully saturated rings. The standard InChI is InChI=1S/C15H12N2O5/c1-15(2)21-13(19)10(14(20)22-15)6-8-3-4-11-9(5-8)12(18)17-7-16-11/h3-7H,1-2H3,(H,16,17,18). The largest absolute Gasteiger partial charge is 0.419 e. The van der Waals surface area contributed by atoms with Crippen molar-refractivity contribution < 1.29 is 19.1 Å². The topological polar surface area (TPSA) is 98.4 Å². The lowest BCUT2D eigenvalue weighted by molar-refractivity contribution is -0.222. The third kappa shape index (κ3) is 2.48. The SMILES string of the molecule is CC1(C)OC(=O)C(=Cc2ccc3nc[nH]c(=O)c3c2)C(=O)O1. The summed E-state index contributed by atoms with van der Waals surface area (Å²) in [5, 5.41) is 0.356. The second kappa shape index (κ2) is 4.80. The van der Waals surface area contributed by atoms with Gasteiger partial charge in [-0.3, -0.25) is 4.79 Å². The van der Waals surface area contributed by atoms with Gasteiger partial charge in [0, 0.05) is 13.8 Å². The Morgan fingerprint density at radius 3 is 2.50 bits per heavy atom. The van der Waals surface area contributed by atoms with Crippen LogP contribution in [0.5, 0.6) is 0 Å². The Balaban J connectivity index is 2.05. The van der Waals surface area contributed by atoms with E-state index < -0.39 is 17.7 Å². The predicted octanol–water partition coefficient (Wildman–Crippen LogP) is 1.14. The Kier molecular flexibility index (Phi) is 3.05. The van der Waals surface area contributed by atoms with Crippen molar-refractivity contribution >= 4 is 28.9 Å². The average Bonchev–Trinajstić information content (AvgIpc) is 2.43. The molecule has 1 N–H and O–H groups in total. The van der Waals surface area contributed by atoms with Crippen LogP contribution in [-0.2, 0) is 19.1 Å². The monoisotopic (exact) mass is 300 g/mol. The van der Waals surface area contributed by atoms with Crippen molar-refractivity contribution in [3.8, 4) is 0 Å². The molecule has 1 aromatic heterocycles. The van der Waals surface area contributed by atoms with E-state index in [-0.39, 0.29) is 11.1 Å². The molecule has 0 unspecified atom stereocenters. The van der Waals surface area contributed by atoms with Gasteiger partial charge >= 0.3 is 11.9 Å². The van der Waals surface area contributed by atoms with Gasteiger partial charge in [-0.1, -0.05) is 6.07 Å². The van der Waals surface area contributed by atoms with Crippen LogP contribution in [0.4, 0.5) is 0 Å². The first kappa shape index (κ1) is 14.0. The first-order chi connectivity index (χ1) is 10.4. The number of hydrogen-bond donors (Lipinski definition) is 1. The van der Waals surface area contributed by atoms with Gasteiger partial charge in [0.1, 0.15) is 5.57 Å². The molecule has 0 bridgehead atoms. The van der Waals surface area contributed by atoms with Crippen molar-refractivity contribution in [2.75, 3.05) is 0 Å². The number of cyclic esters (lactones) is 2. The highest BCUT2D eigenvalue weighted by Gasteiger charge is 2.38. The Hall–Kier alpha value is -2.96. The Morgan fingerprint density at radius 2 is 1.82 bits per heavy atom. The van der Waals surface area contributed by atoms with Crippen LogP contribution in [0.2, 0.25) is 0 Å². The fourth-order valence-corrected chi connectivity index (χ4v) is 2.12. The summed E-state index contributed by atoms with van der Waals surface area (Å²) in [5.41, 5.74) is 0.481. The van der Waals surface area contributed by atoms with E-state index in [1.807, 2.05) is 0 Å². The number of fused-ring (bicyclic) bond motifs is 1. The number of benzene rings is 1. The highest BCUT2D eigenvalue weighted by molar-refractivity contribution is 6.19. The molecule has 1 aromatic carbocycles. The Bertz CT molecular complexity index is 857. The molecule has 3 rings (SSSR count). The first-order valence-electron chi connectivity index (χ1n) is 6.51. The molecule has 0 radical (unpaired) electrons. The van der Waals surface area contributed by atoms with Crippen LogP contribution in [0.15, 0.2) is 34.9 Å². The number of nitrogens with zero attached hydrogens (tertiary/aromatic N) is 1. The molecule has 0 saturated carbocycles. The maximum Gasteiger partial charge on any atom is 0.348 e. The van der Waals surface area contributed by atoms with E-state index in [4.69, 9.17) is 9.47 Å². The Morgan fingerprint density at radius 1 is 1.14 bits per heavy atom. The Labute approximate surface area is 124 Å². The lowest BCUT2D eigenvalue weighted by Crippen LogP contribution is -2.41. The molecule has 112 valence electrons. The van der Waals surface area contributed by atoms with Crippen LogP contribution in [0.3, 0.4) is 0 Å². The average molecular weight is 300 g/mol. The molecule has 7 nitrogen and oxygen atoms in total. The van der Waals surface area contributed by atoms with Crippen molar-refractivity contribution in [2.45, 2.75) is 19.6 Å². The van der Waals surface area contributed by atoms with Crippen LogP contribution in [0, 0.1) is 0 Å². The fraction of sp³-hybridized carbons (Fsp3) is 0.200. The van der Waals surface area contributed by atoms with Gasteiger partial charge in [-0.05, 0) is 23.8 Å². The highest BCUT2D eigenvalue weighted by atomic mass is 16.7. The molecule has 22 heavy (non-hydrogen) atoms. The van der Waals surface area contributed by atoms with Crippen LogP contribution < -0.4 is 5.56 Å². The van der Waals surface area contributed by atoms with Crippen LogP contribution in [0.25, 0.3) is 17.0 Å². The van der Waals surface area contributed by atoms with E-state index in [0.717, 1.165) is 0 Å². The quantitative estimate of drug-likeness (QED) is 0.482. The molecular formula is C15H12N2O5. The number of esters is 2. The molecule has 0 amide bonds. The van der Waals surface area contributed by atoms with Gasteiger partial charge in [-0.15, -0.1) is 0 Å². The summed E-state index contributed by atoms with van der Waals surface area (Å²) in [4.78, 5) is 42.0. The zero-order chi connectivity index (χ0) is 15.9. The van der Waals surface area contributed by atoms with Crippen molar-refractivity contribution in [1.29, 1.82) is 0 Å². The highest BCUT2D eigenvalue weighted by Crippen LogP contribution is 2.24. The number of aromatic amines is 1. The minimum absolute atomic E-state index is 0.223. The van der Waals surface area contributed by atoms with Gasteiger partial charge < -0.3 is 14.5 Å². The number of ether oxygens (including phenoxy) is 2. The summed E-state index contributed by atoms with van der Waals surface area (Å²) in [6, 6.07) is 4.80. The normalized spacial score (nSPS) is 17.1. The van der Waals surface area contributed by atoms with E-state index in [1.165, 1.54) is 32.3 Å². The fourth-order valence-electron chi connectivity index (χ4n) is 2.12. The van der Waals surface area contributed by atoms with Crippen LogP contribution >= 0.6 is 0 Å². The molecule has 1 saturated heterocycles. The number of H-pyrrole nitrogens is 1. The summed E-state index contributed by atoms with van der Waals surface area (Å²) >= 11 is 0. The lowest BCUT2D eigenvalue weighted by atomic mass is 10.1. The number of rotatable bonds is 1. The van der Waals surface area contributed by atoms with Crippen LogP contribution in [0.1, 0.15) is 19.4 Å².